The molecule has 28 heteroatoms. The first-order chi connectivity index (χ1) is 43.1. The van der Waals surface area contributed by atoms with Crippen molar-refractivity contribution < 1.29 is 59.0 Å². The number of hydrogen-bond donors (Lipinski definition) is 1. The van der Waals surface area contributed by atoms with Crippen LogP contribution in [0.25, 0.3) is 0 Å². The summed E-state index contributed by atoms with van der Waals surface area (Å²) in [6, 6.07) is 39.9. The molecule has 0 saturated carbocycles. The van der Waals surface area contributed by atoms with E-state index in [0.717, 1.165) is 54.5 Å². The van der Waals surface area contributed by atoms with Crippen LogP contribution in [0.4, 0.5) is 0 Å². The molecule has 0 aliphatic rings. The maximum atomic E-state index is 12.6. The highest BCUT2D eigenvalue weighted by Crippen LogP contribution is 2.26. The number of halogens is 6. The van der Waals surface area contributed by atoms with Crippen LogP contribution in [0.3, 0.4) is 0 Å². The van der Waals surface area contributed by atoms with Crippen molar-refractivity contribution in [3.8, 4) is 17.2 Å². The van der Waals surface area contributed by atoms with Crippen molar-refractivity contribution in [1.29, 1.82) is 0 Å². The van der Waals surface area contributed by atoms with Gasteiger partial charge in [-0.1, -0.05) is 163 Å². The predicted molar refractivity (Wildman–Crippen MR) is 348 cm³/mol. The first-order valence-electron chi connectivity index (χ1n) is 27.2. The van der Waals surface area contributed by atoms with Crippen LogP contribution in [-0.2, 0) is 66.0 Å². The minimum atomic E-state index is -3.91. The summed E-state index contributed by atoms with van der Waals surface area (Å²) >= 11 is 35.4. The first-order valence-corrected chi connectivity index (χ1v) is 34.4. The highest BCUT2D eigenvalue weighted by Gasteiger charge is 2.27. The SMILES string of the molecule is CC(C)O.CCc1ccc(OC(=O)c2nc(S(=O)(=O)Cc3ccc(Cl)cc3)ncc2Cl)cc1.CCc1ccc(OC(=O)c2nc(S(=O)(=O)Cc3ccc(Cl)cc3)ncc2Cl)cc1.CCc1ccc(OC(=O)c2nc(S(=O)(=O)Cc3ccc(Cl)cc3)ncc2Cl)cc1. The Morgan fingerprint density at radius 1 is 0.374 bits per heavy atom. The zero-order valence-electron chi connectivity index (χ0n) is 48.9. The van der Waals surface area contributed by atoms with Gasteiger partial charge in [0.1, 0.15) is 17.2 Å². The van der Waals surface area contributed by atoms with Gasteiger partial charge in [-0.25, -0.2) is 69.5 Å². The monoisotopic (exact) mass is 1410 g/mol. The van der Waals surface area contributed by atoms with E-state index in [1.165, 1.54) is 0 Å². The average molecular weight is 1410 g/mol. The summed E-state index contributed by atoms with van der Waals surface area (Å²) in [5.74, 6) is -2.76. The summed E-state index contributed by atoms with van der Waals surface area (Å²) in [6.45, 7) is 9.47. The maximum Gasteiger partial charge on any atom is 0.364 e. The Labute approximate surface area is 556 Å². The van der Waals surface area contributed by atoms with Crippen molar-refractivity contribution in [3.63, 3.8) is 0 Å². The van der Waals surface area contributed by atoms with Crippen LogP contribution in [0.15, 0.2) is 180 Å². The third kappa shape index (κ3) is 22.4. The molecule has 9 rings (SSSR count). The lowest BCUT2D eigenvalue weighted by molar-refractivity contribution is 0.0718. The standard InChI is InChI=1S/3C20H16Cl2N2O4S.C3H8O/c3*1-2-13-5-9-16(10-6-13)28-19(25)18-17(22)11-23-20(24-18)29(26,27)12-14-3-7-15(21)8-4-14;1-3(2)4/h3*3-11H,2,12H2,1H3;3-4H,1-2H3. The molecule has 9 aromatic rings. The minimum absolute atomic E-state index is 0.106. The minimum Gasteiger partial charge on any atom is -0.422 e. The number of carbonyl (C=O) groups is 3. The summed E-state index contributed by atoms with van der Waals surface area (Å²) in [5, 5.41) is 7.69. The number of benzene rings is 6. The number of sulfone groups is 3. The Morgan fingerprint density at radius 2 is 0.571 bits per heavy atom. The smallest absolute Gasteiger partial charge is 0.364 e. The Balaban J connectivity index is 0.000000210. The van der Waals surface area contributed by atoms with Crippen LogP contribution in [0.5, 0.6) is 17.2 Å². The van der Waals surface area contributed by atoms with Crippen molar-refractivity contribution in [2.75, 3.05) is 0 Å². The number of rotatable bonds is 18. The van der Waals surface area contributed by atoms with E-state index >= 15 is 0 Å². The molecular weight excluding hydrogens is 1360 g/mol. The van der Waals surface area contributed by atoms with E-state index in [1.54, 1.807) is 123 Å². The normalized spacial score (nSPS) is 11.2. The number of hydrogen-bond acceptors (Lipinski definition) is 19. The Hall–Kier alpha value is -7.48. The molecule has 3 heterocycles. The zero-order chi connectivity index (χ0) is 66.6. The van der Waals surface area contributed by atoms with Gasteiger partial charge in [0, 0.05) is 21.2 Å². The van der Waals surface area contributed by atoms with E-state index in [2.05, 4.69) is 29.9 Å². The molecular formula is C63H56Cl6N6O13S3. The second-order valence-electron chi connectivity index (χ2n) is 19.5. The van der Waals surface area contributed by atoms with Gasteiger partial charge in [-0.05, 0) is 139 Å². The van der Waals surface area contributed by atoms with Crippen molar-refractivity contribution >= 4 is 117 Å². The van der Waals surface area contributed by atoms with Crippen LogP contribution >= 0.6 is 69.6 Å². The molecule has 0 radical (unpaired) electrons. The van der Waals surface area contributed by atoms with Crippen LogP contribution in [0.1, 0.15) is 99.5 Å². The fourth-order valence-electron chi connectivity index (χ4n) is 7.37. The van der Waals surface area contributed by atoms with Gasteiger partial charge >= 0.3 is 17.9 Å². The molecule has 91 heavy (non-hydrogen) atoms. The Kier molecular flexibility index (Phi) is 26.9. The quantitative estimate of drug-likeness (QED) is 0.0474. The number of ether oxygens (including phenoxy) is 3. The predicted octanol–water partition coefficient (Wildman–Crippen LogP) is 14.0. The van der Waals surface area contributed by atoms with Crippen LogP contribution in [0.2, 0.25) is 30.1 Å². The molecule has 19 nitrogen and oxygen atoms in total. The van der Waals surface area contributed by atoms with E-state index in [0.29, 0.717) is 49.0 Å². The summed E-state index contributed by atoms with van der Waals surface area (Å²) in [5.41, 5.74) is 3.80. The lowest BCUT2D eigenvalue weighted by Gasteiger charge is -2.08. The maximum absolute atomic E-state index is 12.6. The molecule has 0 aliphatic heterocycles. The zero-order valence-corrected chi connectivity index (χ0v) is 55.9. The van der Waals surface area contributed by atoms with E-state index < -0.39 is 62.9 Å². The molecule has 0 unspecified atom stereocenters. The summed E-state index contributed by atoms with van der Waals surface area (Å²) in [6.07, 6.45) is 5.59. The second-order valence-corrected chi connectivity index (χ2v) is 27.6. The topological polar surface area (TPSA) is 279 Å². The summed E-state index contributed by atoms with van der Waals surface area (Å²) in [7, 11) is -11.7. The number of aryl methyl sites for hydroxylation is 3. The fraction of sp³-hybridized carbons (Fsp3) is 0.190. The van der Waals surface area contributed by atoms with Gasteiger partial charge in [0.2, 0.25) is 45.0 Å². The molecule has 0 aliphatic carbocycles. The lowest BCUT2D eigenvalue weighted by Crippen LogP contribution is -2.16. The molecule has 0 amide bonds. The molecule has 476 valence electrons. The van der Waals surface area contributed by atoms with Crippen LogP contribution in [0, 0.1) is 0 Å². The number of esters is 3. The molecule has 3 aromatic heterocycles. The molecule has 0 atom stereocenters. The van der Waals surface area contributed by atoms with E-state index in [4.69, 9.17) is 88.9 Å². The van der Waals surface area contributed by atoms with Gasteiger partial charge in [-0.3, -0.25) is 0 Å². The number of nitrogens with zero attached hydrogens (tertiary/aromatic N) is 6. The summed E-state index contributed by atoms with van der Waals surface area (Å²) in [4.78, 5) is 60.3. The number of aromatic nitrogens is 6. The highest BCUT2D eigenvalue weighted by atomic mass is 35.5. The van der Waals surface area contributed by atoms with Crippen LogP contribution < -0.4 is 14.2 Å². The van der Waals surface area contributed by atoms with Gasteiger partial charge in [0.25, 0.3) is 0 Å². The molecule has 0 spiro atoms. The second kappa shape index (κ2) is 33.7. The lowest BCUT2D eigenvalue weighted by atomic mass is 10.2. The van der Waals surface area contributed by atoms with Crippen molar-refractivity contribution in [3.05, 3.63) is 245 Å². The largest absolute Gasteiger partial charge is 0.422 e. The number of aliphatic hydroxyl groups excluding tert-OH is 1. The number of carbonyl (C=O) groups excluding carboxylic acids is 3. The van der Waals surface area contributed by atoms with E-state index in [9.17, 15) is 39.6 Å². The highest BCUT2D eigenvalue weighted by molar-refractivity contribution is 7.91. The number of aliphatic hydroxyl groups is 1. The summed E-state index contributed by atoms with van der Waals surface area (Å²) < 4.78 is 91.7. The van der Waals surface area contributed by atoms with Crippen LogP contribution in [-0.4, -0.2) is 84.3 Å². The van der Waals surface area contributed by atoms with Gasteiger partial charge in [-0.15, -0.1) is 0 Å². The van der Waals surface area contributed by atoms with Gasteiger partial charge in [0.15, 0.2) is 17.1 Å². The Morgan fingerprint density at radius 3 is 0.769 bits per heavy atom. The van der Waals surface area contributed by atoms with Crippen molar-refractivity contribution in [2.24, 2.45) is 0 Å². The van der Waals surface area contributed by atoms with E-state index in [-0.39, 0.29) is 55.5 Å². The van der Waals surface area contributed by atoms with Gasteiger partial charge in [0.05, 0.1) is 50.9 Å². The third-order valence-electron chi connectivity index (χ3n) is 12.0. The molecule has 6 aromatic carbocycles. The van der Waals surface area contributed by atoms with Crippen molar-refractivity contribution in [2.45, 2.75) is 92.7 Å². The fourth-order valence-corrected chi connectivity index (χ4v) is 11.9. The third-order valence-corrected chi connectivity index (χ3v) is 18.0. The molecule has 0 bridgehead atoms. The average Bonchev–Trinajstić information content (AvgIpc) is 1.12. The molecule has 1 N–H and O–H groups in total. The Bertz CT molecular complexity index is 3890. The van der Waals surface area contributed by atoms with Crippen molar-refractivity contribution in [1.82, 2.24) is 29.9 Å². The molecule has 0 saturated heterocycles. The van der Waals surface area contributed by atoms with Gasteiger partial charge < -0.3 is 19.3 Å². The first kappa shape index (κ1) is 72.6. The van der Waals surface area contributed by atoms with E-state index in [1.807, 2.05) is 57.2 Å². The molecule has 0 fully saturated rings. The van der Waals surface area contributed by atoms with Gasteiger partial charge in [-0.2, -0.15) is 0 Å².